The van der Waals surface area contributed by atoms with Crippen molar-refractivity contribution < 1.29 is 156 Å². The third kappa shape index (κ3) is 175. The van der Waals surface area contributed by atoms with Gasteiger partial charge in [-0.15, -0.1) is 0 Å². The number of carbonyl (C=O) groups excluding carboxylic acids is 1. The number of carboxylic acid groups (broad SMARTS) is 2. The van der Waals surface area contributed by atoms with E-state index in [-0.39, 0.29) is 127 Å². The standard InChI is InChI=1S/CH2O3.BrH.K.2Na.H2O3S/c2-1(3)4;;;;;1-4(2)3/h(H2,2,3,4);1H;;;;(H2,1,2,3)/q;;3*+1;/p-3. The Bertz CT molecular complexity index is 83.5. The summed E-state index contributed by atoms with van der Waals surface area (Å²) in [7, 11) is 0. The summed E-state index contributed by atoms with van der Waals surface area (Å²) in [6, 6.07) is 0. The number of rotatable bonds is 0. The van der Waals surface area contributed by atoms with Gasteiger partial charge in [-0.1, -0.05) is 0 Å². The van der Waals surface area contributed by atoms with Crippen molar-refractivity contribution in [1.82, 2.24) is 0 Å². The first kappa shape index (κ1) is 36.1. The second-order valence-corrected chi connectivity index (χ2v) is 0.942. The number of halogens is 1. The molecule has 0 aliphatic carbocycles. The van der Waals surface area contributed by atoms with E-state index >= 15 is 0 Å². The summed E-state index contributed by atoms with van der Waals surface area (Å²) in [6.07, 6.45) is -2.33. The van der Waals surface area contributed by atoms with E-state index in [0.29, 0.717) is 0 Å². The predicted octanol–water partition coefficient (Wildman–Crippen LogP) is -14.7. The van der Waals surface area contributed by atoms with Gasteiger partial charge >= 0.3 is 110 Å². The van der Waals surface area contributed by atoms with Crippen molar-refractivity contribution in [3.63, 3.8) is 0 Å². The molecular weight excluding hydrogens is 305 g/mol. The fraction of sp³-hybridized carbons (Fsp3) is 0. The minimum atomic E-state index is -2.61. The van der Waals surface area contributed by atoms with Crippen molar-refractivity contribution in [2.75, 3.05) is 0 Å². The van der Waals surface area contributed by atoms with Crippen molar-refractivity contribution in [1.29, 1.82) is 0 Å². The van der Waals surface area contributed by atoms with Crippen LogP contribution in [0.15, 0.2) is 0 Å². The molecule has 0 bridgehead atoms. The minimum absolute atomic E-state index is 0. The fourth-order valence-corrected chi connectivity index (χ4v) is 0. The molecule has 58 valence electrons. The Morgan fingerprint density at radius 1 is 1.17 bits per heavy atom. The molecule has 0 aliphatic heterocycles. The number of hydrogen-bond donors (Lipinski definition) is 2. The molecule has 0 aromatic carbocycles. The van der Waals surface area contributed by atoms with E-state index in [1.54, 1.807) is 0 Å². The first-order valence-corrected chi connectivity index (χ1v) is 2.21. The zero-order valence-corrected chi connectivity index (χ0v) is 16.3. The first-order valence-electron chi connectivity index (χ1n) is 1.14. The van der Waals surface area contributed by atoms with Gasteiger partial charge in [-0.3, -0.25) is 9.11 Å². The normalized spacial score (nSPS) is 4.92. The molecule has 0 unspecified atom stereocenters. The van der Waals surface area contributed by atoms with E-state index in [9.17, 15) is 0 Å². The van der Waals surface area contributed by atoms with Crippen molar-refractivity contribution in [3.8, 4) is 0 Å². The summed E-state index contributed by atoms with van der Waals surface area (Å²) in [4.78, 5) is 8.33. The summed E-state index contributed by atoms with van der Waals surface area (Å²) in [6.45, 7) is 0. The maximum atomic E-state index is 8.67. The SMILES string of the molecule is O=C([O-])[O-].O=S(O)O.[Br-].[K+].[Na+].[Na+]. The predicted molar refractivity (Wildman–Crippen MR) is 18.8 cm³/mol. The quantitative estimate of drug-likeness (QED) is 0.339. The van der Waals surface area contributed by atoms with Crippen molar-refractivity contribution in [3.05, 3.63) is 0 Å². The van der Waals surface area contributed by atoms with Crippen LogP contribution in [0.3, 0.4) is 0 Å². The second kappa shape index (κ2) is 29.3. The minimum Gasteiger partial charge on any atom is -1.00 e. The van der Waals surface area contributed by atoms with Gasteiger partial charge in [0.2, 0.25) is 0 Å². The Hall–Kier alpha value is 3.46. The molecule has 0 saturated heterocycles. The molecule has 6 nitrogen and oxygen atoms in total. The molecule has 0 aromatic heterocycles. The van der Waals surface area contributed by atoms with Crippen LogP contribution in [0.5, 0.6) is 0 Å². The van der Waals surface area contributed by atoms with Gasteiger partial charge in [-0.2, -0.15) is 4.21 Å². The zero-order valence-electron chi connectivity index (χ0n) is 6.81. The van der Waals surface area contributed by atoms with Crippen LogP contribution in [-0.4, -0.2) is 19.5 Å². The van der Waals surface area contributed by atoms with Crippen LogP contribution in [0.25, 0.3) is 0 Å². The Labute approximate surface area is 169 Å². The van der Waals surface area contributed by atoms with Gasteiger partial charge in [0.25, 0.3) is 11.4 Å². The van der Waals surface area contributed by atoms with E-state index in [4.69, 9.17) is 28.3 Å². The van der Waals surface area contributed by atoms with E-state index in [1.165, 1.54) is 0 Å². The van der Waals surface area contributed by atoms with Crippen LogP contribution < -0.4 is 138 Å². The summed E-state index contributed by atoms with van der Waals surface area (Å²) in [5.74, 6) is 0. The third-order valence-electron chi connectivity index (χ3n) is 0. The number of hydrogen-bond acceptors (Lipinski definition) is 4. The van der Waals surface area contributed by atoms with Crippen LogP contribution >= 0.6 is 0 Å². The van der Waals surface area contributed by atoms with Crippen LogP contribution in [0.2, 0.25) is 0 Å². The molecule has 0 radical (unpaired) electrons. The molecule has 0 saturated carbocycles. The summed E-state index contributed by atoms with van der Waals surface area (Å²) in [5, 5.41) is 16.7. The largest absolute Gasteiger partial charge is 1.00 e. The van der Waals surface area contributed by atoms with Crippen LogP contribution in [0, 0.1) is 0 Å². The van der Waals surface area contributed by atoms with E-state index < -0.39 is 17.5 Å². The summed E-state index contributed by atoms with van der Waals surface area (Å²) >= 11 is -2.61. The number of carbonyl (C=O) groups is 1. The smallest absolute Gasteiger partial charge is 1.00 e. The Kier molecular flexibility index (Phi) is 88.1. The first-order chi connectivity index (χ1) is 3.46. The van der Waals surface area contributed by atoms with Crippen molar-refractivity contribution >= 4 is 17.5 Å². The monoisotopic (exact) mass is 306 g/mol. The molecule has 12 heavy (non-hydrogen) atoms. The maximum absolute atomic E-state index is 8.67. The zero-order chi connectivity index (χ0) is 7.15. The molecule has 11 heteroatoms. The molecule has 0 aliphatic rings. The maximum Gasteiger partial charge on any atom is 1.00 e. The summed E-state index contributed by atoms with van der Waals surface area (Å²) in [5.41, 5.74) is 0. The van der Waals surface area contributed by atoms with Gasteiger partial charge in [0.1, 0.15) is 0 Å². The van der Waals surface area contributed by atoms with Crippen LogP contribution in [0.4, 0.5) is 4.79 Å². The van der Waals surface area contributed by atoms with Gasteiger partial charge in [-0.25, -0.2) is 0 Å². The van der Waals surface area contributed by atoms with Crippen LogP contribution in [-0.2, 0) is 11.4 Å². The third-order valence-corrected chi connectivity index (χ3v) is 0. The average Bonchev–Trinajstić information content (AvgIpc) is 1.25. The molecule has 0 spiro atoms. The topological polar surface area (TPSA) is 121 Å². The Morgan fingerprint density at radius 2 is 1.17 bits per heavy atom. The van der Waals surface area contributed by atoms with Gasteiger partial charge in [0.05, 0.1) is 0 Å². The van der Waals surface area contributed by atoms with E-state index in [1.807, 2.05) is 0 Å². The molecule has 0 heterocycles. The Balaban J connectivity index is -0.0000000112. The van der Waals surface area contributed by atoms with Crippen molar-refractivity contribution in [2.45, 2.75) is 0 Å². The molecule has 0 rings (SSSR count). The van der Waals surface area contributed by atoms with Gasteiger partial charge in [0.15, 0.2) is 0 Å². The Morgan fingerprint density at radius 3 is 1.17 bits per heavy atom. The van der Waals surface area contributed by atoms with E-state index in [0.717, 1.165) is 0 Å². The fourth-order valence-electron chi connectivity index (χ4n) is 0. The molecule has 0 fully saturated rings. The second-order valence-electron chi connectivity index (χ2n) is 0.481. The molecule has 0 amide bonds. The van der Waals surface area contributed by atoms with Gasteiger partial charge in [-0.05, 0) is 6.16 Å². The van der Waals surface area contributed by atoms with Gasteiger partial charge in [0, 0.05) is 0 Å². The van der Waals surface area contributed by atoms with Crippen molar-refractivity contribution in [2.24, 2.45) is 0 Å². The molecular formula is CH2BrKNa2O6S. The average molecular weight is 307 g/mol. The molecule has 0 aromatic rings. The van der Waals surface area contributed by atoms with Crippen LogP contribution in [0.1, 0.15) is 0 Å². The van der Waals surface area contributed by atoms with E-state index in [2.05, 4.69) is 0 Å². The molecule has 0 atom stereocenters. The summed E-state index contributed by atoms with van der Waals surface area (Å²) < 4.78 is 22.8. The van der Waals surface area contributed by atoms with Gasteiger partial charge < -0.3 is 32.0 Å². The molecule has 2 N–H and O–H groups in total.